The third-order valence-electron chi connectivity index (χ3n) is 3.02. The Kier molecular flexibility index (Phi) is 4.97. The molecule has 0 bridgehead atoms. The Balaban J connectivity index is 2.13. The molecule has 20 heavy (non-hydrogen) atoms. The van der Waals surface area contributed by atoms with Gasteiger partial charge >= 0.3 is 0 Å². The number of rotatable bonds is 4. The van der Waals surface area contributed by atoms with Gasteiger partial charge in [0.1, 0.15) is 11.6 Å². The molecule has 0 aliphatic heterocycles. The molecular formula is C15H13Cl2F2N. The number of halogens is 4. The molecule has 0 amide bonds. The summed E-state index contributed by atoms with van der Waals surface area (Å²) in [6, 6.07) is 8.12. The Morgan fingerprint density at radius 1 is 1.00 bits per heavy atom. The third-order valence-corrected chi connectivity index (χ3v) is 3.73. The lowest BCUT2D eigenvalue weighted by Crippen LogP contribution is -2.26. The van der Waals surface area contributed by atoms with Crippen molar-refractivity contribution in [1.29, 1.82) is 0 Å². The number of hydrogen-bond acceptors (Lipinski definition) is 1. The number of hydrogen-bond donors (Lipinski definition) is 1. The smallest absolute Gasteiger partial charge is 0.126 e. The summed E-state index contributed by atoms with van der Waals surface area (Å²) in [4.78, 5) is 0. The highest BCUT2D eigenvalue weighted by atomic mass is 35.5. The van der Waals surface area contributed by atoms with Gasteiger partial charge < -0.3 is 5.73 Å². The van der Waals surface area contributed by atoms with Crippen molar-refractivity contribution in [1.82, 2.24) is 0 Å². The maximum absolute atomic E-state index is 13.6. The van der Waals surface area contributed by atoms with Crippen LogP contribution in [-0.4, -0.2) is 6.04 Å². The lowest BCUT2D eigenvalue weighted by Gasteiger charge is -2.14. The summed E-state index contributed by atoms with van der Waals surface area (Å²) >= 11 is 12.1. The fourth-order valence-electron chi connectivity index (χ4n) is 2.04. The molecule has 1 nitrogen and oxygen atoms in total. The number of benzene rings is 2. The molecule has 0 saturated carbocycles. The fraction of sp³-hybridized carbons (Fsp3) is 0.200. The van der Waals surface area contributed by atoms with Gasteiger partial charge in [-0.1, -0.05) is 29.3 Å². The Hall–Kier alpha value is -1.16. The first kappa shape index (κ1) is 15.2. The van der Waals surface area contributed by atoms with Crippen molar-refractivity contribution in [3.63, 3.8) is 0 Å². The molecule has 0 aromatic heterocycles. The maximum atomic E-state index is 13.6. The van der Waals surface area contributed by atoms with Crippen LogP contribution in [0.5, 0.6) is 0 Å². The van der Waals surface area contributed by atoms with Crippen molar-refractivity contribution in [3.8, 4) is 0 Å². The maximum Gasteiger partial charge on any atom is 0.126 e. The van der Waals surface area contributed by atoms with E-state index in [0.717, 1.165) is 23.8 Å². The second-order valence-electron chi connectivity index (χ2n) is 4.60. The summed E-state index contributed by atoms with van der Waals surface area (Å²) in [5.41, 5.74) is 6.96. The predicted octanol–water partition coefficient (Wildman–Crippen LogP) is 4.38. The zero-order chi connectivity index (χ0) is 14.7. The van der Waals surface area contributed by atoms with Crippen molar-refractivity contribution in [2.24, 2.45) is 5.73 Å². The third kappa shape index (κ3) is 3.69. The average Bonchev–Trinajstić information content (AvgIpc) is 2.38. The van der Waals surface area contributed by atoms with E-state index < -0.39 is 17.7 Å². The van der Waals surface area contributed by atoms with E-state index >= 15 is 0 Å². The first-order valence-electron chi connectivity index (χ1n) is 6.09. The van der Waals surface area contributed by atoms with Crippen LogP contribution in [0.15, 0.2) is 36.4 Å². The van der Waals surface area contributed by atoms with Crippen molar-refractivity contribution >= 4 is 23.2 Å². The molecule has 2 aromatic rings. The molecule has 1 unspecified atom stereocenters. The van der Waals surface area contributed by atoms with Crippen molar-refractivity contribution in [3.05, 3.63) is 69.2 Å². The van der Waals surface area contributed by atoms with Crippen LogP contribution in [0.1, 0.15) is 11.1 Å². The molecular weight excluding hydrogens is 303 g/mol. The van der Waals surface area contributed by atoms with E-state index in [1.807, 2.05) is 0 Å². The molecule has 0 aliphatic carbocycles. The Labute approximate surface area is 126 Å². The van der Waals surface area contributed by atoms with E-state index in [4.69, 9.17) is 28.9 Å². The van der Waals surface area contributed by atoms with Crippen LogP contribution in [0.3, 0.4) is 0 Å². The predicted molar refractivity (Wildman–Crippen MR) is 78.2 cm³/mol. The monoisotopic (exact) mass is 315 g/mol. The molecule has 106 valence electrons. The minimum atomic E-state index is -0.482. The van der Waals surface area contributed by atoms with Gasteiger partial charge in [0.25, 0.3) is 0 Å². The molecule has 0 fully saturated rings. The Morgan fingerprint density at radius 2 is 1.65 bits per heavy atom. The van der Waals surface area contributed by atoms with Crippen molar-refractivity contribution in [2.75, 3.05) is 0 Å². The summed E-state index contributed by atoms with van der Waals surface area (Å²) in [5, 5.41) is 1.04. The lowest BCUT2D eigenvalue weighted by molar-refractivity contribution is 0.566. The van der Waals surface area contributed by atoms with Crippen molar-refractivity contribution in [2.45, 2.75) is 18.9 Å². The SMILES string of the molecule is NC(Cc1cc(F)ccc1F)Cc1c(Cl)cccc1Cl. The highest BCUT2D eigenvalue weighted by Gasteiger charge is 2.13. The second-order valence-corrected chi connectivity index (χ2v) is 5.42. The fourth-order valence-corrected chi connectivity index (χ4v) is 2.60. The Bertz CT molecular complexity index is 597. The van der Waals surface area contributed by atoms with Gasteiger partial charge in [0.15, 0.2) is 0 Å². The van der Waals surface area contributed by atoms with E-state index in [2.05, 4.69) is 0 Å². The standard InChI is InChI=1S/C15H13Cl2F2N/c16-13-2-1-3-14(17)12(13)8-11(20)7-9-6-10(18)4-5-15(9)19/h1-6,11H,7-8,20H2. The summed E-state index contributed by atoms with van der Waals surface area (Å²) < 4.78 is 26.7. The minimum Gasteiger partial charge on any atom is -0.327 e. The summed E-state index contributed by atoms with van der Waals surface area (Å²) in [6.45, 7) is 0. The Morgan fingerprint density at radius 3 is 2.30 bits per heavy atom. The van der Waals surface area contributed by atoms with E-state index in [0.29, 0.717) is 16.5 Å². The minimum absolute atomic E-state index is 0.213. The van der Waals surface area contributed by atoms with Gasteiger partial charge in [-0.25, -0.2) is 8.78 Å². The lowest BCUT2D eigenvalue weighted by atomic mass is 9.99. The largest absolute Gasteiger partial charge is 0.327 e. The van der Waals surface area contributed by atoms with Gasteiger partial charge in [0, 0.05) is 16.1 Å². The summed E-state index contributed by atoms with van der Waals surface area (Å²) in [7, 11) is 0. The molecule has 2 rings (SSSR count). The summed E-state index contributed by atoms with van der Waals surface area (Å²) in [5.74, 6) is -0.948. The van der Waals surface area contributed by atoms with Gasteiger partial charge in [-0.2, -0.15) is 0 Å². The highest BCUT2D eigenvalue weighted by Crippen LogP contribution is 2.26. The molecule has 0 spiro atoms. The van der Waals surface area contributed by atoms with Crippen LogP contribution in [0.25, 0.3) is 0 Å². The van der Waals surface area contributed by atoms with Gasteiger partial charge in [0.05, 0.1) is 0 Å². The van der Waals surface area contributed by atoms with E-state index in [9.17, 15) is 8.78 Å². The van der Waals surface area contributed by atoms with Gasteiger partial charge in [-0.05, 0) is 54.3 Å². The quantitative estimate of drug-likeness (QED) is 0.890. The van der Waals surface area contributed by atoms with Crippen LogP contribution < -0.4 is 5.73 Å². The van der Waals surface area contributed by atoms with Crippen LogP contribution in [-0.2, 0) is 12.8 Å². The zero-order valence-electron chi connectivity index (χ0n) is 10.5. The van der Waals surface area contributed by atoms with E-state index in [1.54, 1.807) is 18.2 Å². The summed E-state index contributed by atoms with van der Waals surface area (Å²) in [6.07, 6.45) is 0.611. The molecule has 5 heteroatoms. The molecule has 2 aromatic carbocycles. The normalized spacial score (nSPS) is 12.4. The molecule has 0 radical (unpaired) electrons. The molecule has 0 aliphatic rings. The topological polar surface area (TPSA) is 26.0 Å². The molecule has 0 saturated heterocycles. The number of nitrogens with two attached hydrogens (primary N) is 1. The van der Waals surface area contributed by atoms with Crippen LogP contribution >= 0.6 is 23.2 Å². The van der Waals surface area contributed by atoms with Crippen molar-refractivity contribution < 1.29 is 8.78 Å². The zero-order valence-corrected chi connectivity index (χ0v) is 12.1. The van der Waals surface area contributed by atoms with Gasteiger partial charge in [-0.3, -0.25) is 0 Å². The molecule has 2 N–H and O–H groups in total. The average molecular weight is 316 g/mol. The van der Waals surface area contributed by atoms with Gasteiger partial charge in [0.2, 0.25) is 0 Å². The van der Waals surface area contributed by atoms with Crippen LogP contribution in [0, 0.1) is 11.6 Å². The highest BCUT2D eigenvalue weighted by molar-refractivity contribution is 6.36. The van der Waals surface area contributed by atoms with Crippen LogP contribution in [0.4, 0.5) is 8.78 Å². The first-order chi connectivity index (χ1) is 9.47. The molecule has 0 heterocycles. The first-order valence-corrected chi connectivity index (χ1v) is 6.85. The van der Waals surface area contributed by atoms with E-state index in [1.165, 1.54) is 0 Å². The van der Waals surface area contributed by atoms with E-state index in [-0.39, 0.29) is 12.0 Å². The second kappa shape index (κ2) is 6.53. The van der Waals surface area contributed by atoms with Crippen LogP contribution in [0.2, 0.25) is 10.0 Å². The molecule has 1 atom stereocenters. The van der Waals surface area contributed by atoms with Gasteiger partial charge in [-0.15, -0.1) is 0 Å².